The van der Waals surface area contributed by atoms with Crippen molar-refractivity contribution in [2.24, 2.45) is 0 Å². The molecule has 0 saturated heterocycles. The van der Waals surface area contributed by atoms with E-state index in [2.05, 4.69) is 4.72 Å². The van der Waals surface area contributed by atoms with Gasteiger partial charge in [0.15, 0.2) is 12.4 Å². The molecule has 0 aromatic heterocycles. The number of hydrogen-bond acceptors (Lipinski definition) is 7. The Balaban J connectivity index is 1.85. The fraction of sp³-hybridized carbons (Fsp3) is 0.176. The first-order chi connectivity index (χ1) is 12.7. The van der Waals surface area contributed by atoms with Crippen LogP contribution in [0.3, 0.4) is 0 Å². The first kappa shape index (κ1) is 20.2. The van der Waals surface area contributed by atoms with Crippen LogP contribution in [-0.2, 0) is 19.6 Å². The molecule has 0 aliphatic carbocycles. The van der Waals surface area contributed by atoms with E-state index in [9.17, 15) is 28.1 Å². The van der Waals surface area contributed by atoms with Gasteiger partial charge in [-0.2, -0.15) is 4.72 Å². The second-order valence-corrected chi connectivity index (χ2v) is 7.29. The van der Waals surface area contributed by atoms with Gasteiger partial charge in [0.2, 0.25) is 10.0 Å². The SMILES string of the molecule is Cc1ccc(S(=O)(=O)NCC(=O)OCC(=O)c2ccc([N+](=O)[O-])cc2)cc1. The number of nitrogens with one attached hydrogen (secondary N) is 1. The molecule has 27 heavy (non-hydrogen) atoms. The topological polar surface area (TPSA) is 133 Å². The average molecular weight is 392 g/mol. The van der Waals surface area contributed by atoms with Gasteiger partial charge in [0.1, 0.15) is 6.54 Å². The van der Waals surface area contributed by atoms with Gasteiger partial charge in [-0.05, 0) is 31.2 Å². The van der Waals surface area contributed by atoms with Crippen LogP contribution in [0.5, 0.6) is 0 Å². The molecule has 0 saturated carbocycles. The van der Waals surface area contributed by atoms with E-state index >= 15 is 0 Å². The number of esters is 1. The van der Waals surface area contributed by atoms with E-state index in [-0.39, 0.29) is 16.1 Å². The van der Waals surface area contributed by atoms with E-state index in [0.717, 1.165) is 17.7 Å². The Morgan fingerprint density at radius 1 is 1.07 bits per heavy atom. The lowest BCUT2D eigenvalue weighted by Gasteiger charge is -2.07. The molecule has 0 aliphatic heterocycles. The lowest BCUT2D eigenvalue weighted by molar-refractivity contribution is -0.384. The molecule has 142 valence electrons. The van der Waals surface area contributed by atoms with Crippen LogP contribution in [0, 0.1) is 17.0 Å². The summed E-state index contributed by atoms with van der Waals surface area (Å²) in [5.41, 5.74) is 0.848. The third-order valence-electron chi connectivity index (χ3n) is 3.50. The summed E-state index contributed by atoms with van der Waals surface area (Å²) in [5, 5.41) is 10.6. The quantitative estimate of drug-likeness (QED) is 0.312. The standard InChI is InChI=1S/C17H16N2O7S/c1-12-2-8-15(9-3-12)27(24,25)18-10-17(21)26-11-16(20)13-4-6-14(7-5-13)19(22)23/h2-9,18H,10-11H2,1H3. The summed E-state index contributed by atoms with van der Waals surface area (Å²) >= 11 is 0. The van der Waals surface area contributed by atoms with Crippen molar-refractivity contribution in [3.63, 3.8) is 0 Å². The van der Waals surface area contributed by atoms with Gasteiger partial charge in [-0.3, -0.25) is 19.7 Å². The molecule has 0 amide bonds. The summed E-state index contributed by atoms with van der Waals surface area (Å²) in [6.07, 6.45) is 0. The fourth-order valence-corrected chi connectivity index (χ4v) is 2.97. The van der Waals surface area contributed by atoms with Crippen LogP contribution in [0.2, 0.25) is 0 Å². The Hall–Kier alpha value is -3.11. The van der Waals surface area contributed by atoms with E-state index in [1.54, 1.807) is 12.1 Å². The minimum absolute atomic E-state index is 0.00264. The number of nitro groups is 1. The molecule has 10 heteroatoms. The van der Waals surface area contributed by atoms with Crippen molar-refractivity contribution < 1.29 is 27.7 Å². The van der Waals surface area contributed by atoms with E-state index in [1.165, 1.54) is 24.3 Å². The summed E-state index contributed by atoms with van der Waals surface area (Å²) in [5.74, 6) is -1.50. The van der Waals surface area contributed by atoms with Gasteiger partial charge in [-0.1, -0.05) is 17.7 Å². The van der Waals surface area contributed by atoms with E-state index in [4.69, 9.17) is 4.74 Å². The molecule has 0 spiro atoms. The van der Waals surface area contributed by atoms with Crippen molar-refractivity contribution in [2.75, 3.05) is 13.2 Å². The first-order valence-electron chi connectivity index (χ1n) is 7.68. The molecule has 9 nitrogen and oxygen atoms in total. The smallest absolute Gasteiger partial charge is 0.321 e. The number of Topliss-reactive ketones (excluding diaryl/α,β-unsaturated/α-hetero) is 1. The maximum absolute atomic E-state index is 12.1. The number of hydrogen-bond donors (Lipinski definition) is 1. The predicted octanol–water partition coefficient (Wildman–Crippen LogP) is 1.61. The van der Waals surface area contributed by atoms with Crippen molar-refractivity contribution >= 4 is 27.5 Å². The summed E-state index contributed by atoms with van der Waals surface area (Å²) in [6, 6.07) is 10.9. The molecular formula is C17H16N2O7S. The highest BCUT2D eigenvalue weighted by atomic mass is 32.2. The van der Waals surface area contributed by atoms with Crippen molar-refractivity contribution in [1.82, 2.24) is 4.72 Å². The predicted molar refractivity (Wildman–Crippen MR) is 94.8 cm³/mol. The van der Waals surface area contributed by atoms with Gasteiger partial charge in [0.05, 0.1) is 9.82 Å². The Bertz CT molecular complexity index is 952. The monoisotopic (exact) mass is 392 g/mol. The van der Waals surface area contributed by atoms with E-state index < -0.39 is 39.9 Å². The van der Waals surface area contributed by atoms with Crippen molar-refractivity contribution in [3.8, 4) is 0 Å². The van der Waals surface area contributed by atoms with E-state index in [0.29, 0.717) is 0 Å². The normalized spacial score (nSPS) is 11.0. The zero-order valence-corrected chi connectivity index (χ0v) is 15.1. The van der Waals surface area contributed by atoms with Gasteiger partial charge < -0.3 is 4.74 Å². The van der Waals surface area contributed by atoms with Gasteiger partial charge in [-0.25, -0.2) is 8.42 Å². The molecule has 1 N–H and O–H groups in total. The highest BCUT2D eigenvalue weighted by Crippen LogP contribution is 2.12. The number of carbonyl (C=O) groups excluding carboxylic acids is 2. The highest BCUT2D eigenvalue weighted by molar-refractivity contribution is 7.89. The second kappa shape index (κ2) is 8.52. The zero-order valence-electron chi connectivity index (χ0n) is 14.2. The second-order valence-electron chi connectivity index (χ2n) is 5.53. The number of non-ortho nitro benzene ring substituents is 1. The summed E-state index contributed by atoms with van der Waals surface area (Å²) in [6.45, 7) is 0.565. The van der Waals surface area contributed by atoms with Gasteiger partial charge >= 0.3 is 5.97 Å². The first-order valence-corrected chi connectivity index (χ1v) is 9.17. The fourth-order valence-electron chi connectivity index (χ4n) is 2.00. The molecule has 0 fully saturated rings. The van der Waals surface area contributed by atoms with Crippen molar-refractivity contribution in [2.45, 2.75) is 11.8 Å². The Labute approximate surface area is 155 Å². The minimum Gasteiger partial charge on any atom is -0.456 e. The maximum atomic E-state index is 12.1. The molecule has 2 aromatic rings. The molecule has 0 bridgehead atoms. The highest BCUT2D eigenvalue weighted by Gasteiger charge is 2.17. The number of ketones is 1. The Morgan fingerprint density at radius 2 is 1.67 bits per heavy atom. The van der Waals surface area contributed by atoms with Crippen molar-refractivity contribution in [1.29, 1.82) is 0 Å². The van der Waals surface area contributed by atoms with Gasteiger partial charge in [-0.15, -0.1) is 0 Å². The number of aryl methyl sites for hydroxylation is 1. The number of nitro benzene ring substituents is 1. The summed E-state index contributed by atoms with van der Waals surface area (Å²) < 4.78 is 30.9. The van der Waals surface area contributed by atoms with Crippen LogP contribution in [-0.4, -0.2) is 38.2 Å². The van der Waals surface area contributed by atoms with Crippen LogP contribution in [0.25, 0.3) is 0 Å². The molecular weight excluding hydrogens is 376 g/mol. The lowest BCUT2D eigenvalue weighted by Crippen LogP contribution is -2.31. The molecule has 2 rings (SSSR count). The van der Waals surface area contributed by atoms with Crippen LogP contribution < -0.4 is 4.72 Å². The molecule has 0 heterocycles. The Kier molecular flexibility index (Phi) is 6.37. The van der Waals surface area contributed by atoms with Crippen LogP contribution in [0.1, 0.15) is 15.9 Å². The summed E-state index contributed by atoms with van der Waals surface area (Å²) in [7, 11) is -3.88. The van der Waals surface area contributed by atoms with Crippen LogP contribution >= 0.6 is 0 Å². The molecule has 0 aliphatic rings. The number of benzene rings is 2. The third-order valence-corrected chi connectivity index (χ3v) is 4.92. The maximum Gasteiger partial charge on any atom is 0.321 e. The van der Waals surface area contributed by atoms with E-state index in [1.807, 2.05) is 6.92 Å². The lowest BCUT2D eigenvalue weighted by atomic mass is 10.1. The van der Waals surface area contributed by atoms with Crippen LogP contribution in [0.15, 0.2) is 53.4 Å². The average Bonchev–Trinajstić information content (AvgIpc) is 2.65. The molecule has 2 aromatic carbocycles. The van der Waals surface area contributed by atoms with Crippen molar-refractivity contribution in [3.05, 3.63) is 69.8 Å². The molecule has 0 unspecified atom stereocenters. The minimum atomic E-state index is -3.88. The number of ether oxygens (including phenoxy) is 1. The Morgan fingerprint density at radius 3 is 2.22 bits per heavy atom. The van der Waals surface area contributed by atoms with Gasteiger partial charge in [0.25, 0.3) is 5.69 Å². The largest absolute Gasteiger partial charge is 0.456 e. The number of nitrogens with zero attached hydrogens (tertiary/aromatic N) is 1. The molecule has 0 radical (unpaired) electrons. The zero-order chi connectivity index (χ0) is 20.0. The number of sulfonamides is 1. The molecule has 0 atom stereocenters. The number of rotatable bonds is 8. The third kappa shape index (κ3) is 5.69. The van der Waals surface area contributed by atoms with Gasteiger partial charge in [0, 0.05) is 17.7 Å². The summed E-state index contributed by atoms with van der Waals surface area (Å²) in [4.78, 5) is 33.5. The number of carbonyl (C=O) groups is 2. The van der Waals surface area contributed by atoms with Crippen LogP contribution in [0.4, 0.5) is 5.69 Å².